The average Bonchev–Trinajstić information content (AvgIpc) is 2.69. The van der Waals surface area contributed by atoms with E-state index in [0.29, 0.717) is 12.1 Å². The van der Waals surface area contributed by atoms with Crippen molar-refractivity contribution < 1.29 is 0 Å². The number of hydrogen-bond donors (Lipinski definition) is 1. The van der Waals surface area contributed by atoms with Crippen LogP contribution in [-0.4, -0.2) is 11.0 Å². The van der Waals surface area contributed by atoms with Crippen LogP contribution in [0.3, 0.4) is 0 Å². The smallest absolute Gasteiger partial charge is 0.0900 e. The Morgan fingerprint density at radius 1 is 1.17 bits per heavy atom. The summed E-state index contributed by atoms with van der Waals surface area (Å²) in [5, 5.41) is 4.97. The maximum atomic E-state index is 4.53. The van der Waals surface area contributed by atoms with Crippen molar-refractivity contribution in [3.05, 3.63) is 15.6 Å². The van der Waals surface area contributed by atoms with Gasteiger partial charge in [-0.2, -0.15) is 0 Å². The van der Waals surface area contributed by atoms with Crippen LogP contribution in [0.25, 0.3) is 0 Å². The first-order valence-electron chi connectivity index (χ1n) is 7.28. The summed E-state index contributed by atoms with van der Waals surface area (Å²) in [5.41, 5.74) is 1.20. The van der Waals surface area contributed by atoms with Crippen molar-refractivity contribution in [2.75, 3.05) is 0 Å². The largest absolute Gasteiger partial charge is 0.307 e. The van der Waals surface area contributed by atoms with Gasteiger partial charge in [0.25, 0.3) is 0 Å². The summed E-state index contributed by atoms with van der Waals surface area (Å²) in [7, 11) is 0. The maximum absolute atomic E-state index is 4.53. The highest BCUT2D eigenvalue weighted by molar-refractivity contribution is 7.11. The second-order valence-electron chi connectivity index (χ2n) is 5.76. The summed E-state index contributed by atoms with van der Waals surface area (Å²) < 4.78 is 0. The van der Waals surface area contributed by atoms with Crippen molar-refractivity contribution in [1.82, 2.24) is 10.3 Å². The number of nitrogens with zero attached hydrogens (tertiary/aromatic N) is 1. The molecule has 1 fully saturated rings. The number of thiazole rings is 1. The van der Waals surface area contributed by atoms with Crippen molar-refractivity contribution >= 4 is 11.3 Å². The molecule has 2 nitrogen and oxygen atoms in total. The molecule has 0 radical (unpaired) electrons. The zero-order valence-electron chi connectivity index (χ0n) is 12.1. The van der Waals surface area contributed by atoms with Gasteiger partial charge in [-0.1, -0.05) is 19.3 Å². The summed E-state index contributed by atoms with van der Waals surface area (Å²) in [6.45, 7) is 8.86. The Morgan fingerprint density at radius 3 is 2.39 bits per heavy atom. The van der Waals surface area contributed by atoms with E-state index in [1.54, 1.807) is 0 Å². The second-order valence-corrected chi connectivity index (χ2v) is 6.99. The Morgan fingerprint density at radius 2 is 1.83 bits per heavy atom. The molecule has 1 aromatic rings. The molecular weight excluding hydrogens is 240 g/mol. The molecule has 2 rings (SSSR count). The summed E-state index contributed by atoms with van der Waals surface area (Å²) in [6, 6.07) is 1.07. The van der Waals surface area contributed by atoms with Gasteiger partial charge in [0.2, 0.25) is 0 Å². The third kappa shape index (κ3) is 3.33. The molecule has 0 aliphatic heterocycles. The fourth-order valence-electron chi connectivity index (χ4n) is 3.19. The molecule has 0 saturated heterocycles. The van der Waals surface area contributed by atoms with Gasteiger partial charge < -0.3 is 5.32 Å². The highest BCUT2D eigenvalue weighted by Gasteiger charge is 2.22. The van der Waals surface area contributed by atoms with Crippen LogP contribution in [-0.2, 0) is 0 Å². The Hall–Kier alpha value is -0.410. The van der Waals surface area contributed by atoms with Crippen LogP contribution in [0.4, 0.5) is 0 Å². The van der Waals surface area contributed by atoms with Gasteiger partial charge in [0, 0.05) is 17.0 Å². The minimum absolute atomic E-state index is 0.438. The van der Waals surface area contributed by atoms with E-state index < -0.39 is 0 Å². The molecule has 1 aliphatic carbocycles. The van der Waals surface area contributed by atoms with Crippen LogP contribution in [0.1, 0.15) is 67.6 Å². The summed E-state index contributed by atoms with van der Waals surface area (Å²) in [4.78, 5) is 5.94. The van der Waals surface area contributed by atoms with Gasteiger partial charge in [0.05, 0.1) is 10.7 Å². The number of hydrogen-bond acceptors (Lipinski definition) is 3. The van der Waals surface area contributed by atoms with E-state index in [-0.39, 0.29) is 0 Å². The predicted octanol–water partition coefficient (Wildman–Crippen LogP) is 4.38. The Labute approximate surface area is 115 Å². The molecule has 1 N–H and O–H groups in total. The first-order valence-corrected chi connectivity index (χ1v) is 8.09. The number of nitrogens with one attached hydrogen (secondary N) is 1. The first kappa shape index (κ1) is 14.0. The van der Waals surface area contributed by atoms with Crippen molar-refractivity contribution in [3.63, 3.8) is 0 Å². The standard InChI is InChI=1S/C15H26N2S/c1-10(14-8-6-5-7-9-14)16-11(2)15-12(3)17-13(4)18-15/h10-11,14,16H,5-9H2,1-4H3/t10-,11?/m0/s1. The lowest BCUT2D eigenvalue weighted by Crippen LogP contribution is -2.36. The van der Waals surface area contributed by atoms with E-state index >= 15 is 0 Å². The average molecular weight is 266 g/mol. The van der Waals surface area contributed by atoms with Gasteiger partial charge >= 0.3 is 0 Å². The highest BCUT2D eigenvalue weighted by Crippen LogP contribution is 2.29. The molecule has 0 spiro atoms. The molecule has 2 atom stereocenters. The third-order valence-corrected chi connectivity index (χ3v) is 5.46. The fourth-order valence-corrected chi connectivity index (χ4v) is 4.13. The first-order chi connectivity index (χ1) is 8.58. The van der Waals surface area contributed by atoms with Crippen molar-refractivity contribution in [3.8, 4) is 0 Å². The van der Waals surface area contributed by atoms with Crippen molar-refractivity contribution in [2.45, 2.75) is 71.9 Å². The van der Waals surface area contributed by atoms with Crippen molar-refractivity contribution in [2.24, 2.45) is 5.92 Å². The maximum Gasteiger partial charge on any atom is 0.0900 e. The molecule has 18 heavy (non-hydrogen) atoms. The van der Waals surface area contributed by atoms with E-state index in [9.17, 15) is 0 Å². The summed E-state index contributed by atoms with van der Waals surface area (Å²) in [6.07, 6.45) is 7.09. The fraction of sp³-hybridized carbons (Fsp3) is 0.800. The molecule has 1 saturated carbocycles. The van der Waals surface area contributed by atoms with E-state index in [2.05, 4.69) is 38.0 Å². The molecular formula is C15H26N2S. The lowest BCUT2D eigenvalue weighted by Gasteiger charge is -2.30. The van der Waals surface area contributed by atoms with Crippen LogP contribution in [0, 0.1) is 19.8 Å². The molecule has 3 heteroatoms. The number of aromatic nitrogens is 1. The Bertz CT molecular complexity index is 380. The van der Waals surface area contributed by atoms with Crippen LogP contribution in [0.15, 0.2) is 0 Å². The van der Waals surface area contributed by atoms with Crippen molar-refractivity contribution in [1.29, 1.82) is 0 Å². The monoisotopic (exact) mass is 266 g/mol. The SMILES string of the molecule is Cc1nc(C)c(C(C)N[C@@H](C)C2CCCCC2)s1. The second kappa shape index (κ2) is 6.16. The van der Waals surface area contributed by atoms with E-state index in [4.69, 9.17) is 0 Å². The van der Waals surface area contributed by atoms with Crippen LogP contribution in [0.5, 0.6) is 0 Å². The van der Waals surface area contributed by atoms with Crippen LogP contribution in [0.2, 0.25) is 0 Å². The van der Waals surface area contributed by atoms with Crippen LogP contribution >= 0.6 is 11.3 Å². The topological polar surface area (TPSA) is 24.9 Å². The zero-order valence-corrected chi connectivity index (χ0v) is 12.9. The van der Waals surface area contributed by atoms with Crippen LogP contribution < -0.4 is 5.32 Å². The van der Waals surface area contributed by atoms with Gasteiger partial charge in [-0.05, 0) is 46.5 Å². The molecule has 0 bridgehead atoms. The molecule has 0 amide bonds. The summed E-state index contributed by atoms with van der Waals surface area (Å²) in [5.74, 6) is 0.871. The zero-order chi connectivity index (χ0) is 13.1. The molecule has 1 aliphatic rings. The minimum Gasteiger partial charge on any atom is -0.307 e. The van der Waals surface area contributed by atoms with E-state index in [1.165, 1.54) is 47.7 Å². The molecule has 1 heterocycles. The Balaban J connectivity index is 1.93. The third-order valence-electron chi connectivity index (χ3n) is 4.20. The molecule has 0 aromatic carbocycles. The molecule has 1 unspecified atom stereocenters. The quantitative estimate of drug-likeness (QED) is 0.875. The normalized spacial score (nSPS) is 20.9. The number of aryl methyl sites for hydroxylation is 2. The van der Waals surface area contributed by atoms with E-state index in [1.807, 2.05) is 11.3 Å². The van der Waals surface area contributed by atoms with Gasteiger partial charge in [0.15, 0.2) is 0 Å². The molecule has 1 aromatic heterocycles. The lowest BCUT2D eigenvalue weighted by molar-refractivity contribution is 0.269. The predicted molar refractivity (Wildman–Crippen MR) is 79.2 cm³/mol. The summed E-state index contributed by atoms with van der Waals surface area (Å²) >= 11 is 1.84. The Kier molecular flexibility index (Phi) is 4.79. The van der Waals surface area contributed by atoms with Gasteiger partial charge in [0.1, 0.15) is 0 Å². The highest BCUT2D eigenvalue weighted by atomic mass is 32.1. The lowest BCUT2D eigenvalue weighted by atomic mass is 9.84. The minimum atomic E-state index is 0.438. The van der Waals surface area contributed by atoms with E-state index in [0.717, 1.165) is 5.92 Å². The van der Waals surface area contributed by atoms with Gasteiger partial charge in [-0.25, -0.2) is 4.98 Å². The number of rotatable bonds is 4. The van der Waals surface area contributed by atoms with Gasteiger partial charge in [-0.3, -0.25) is 0 Å². The molecule has 102 valence electrons. The van der Waals surface area contributed by atoms with Gasteiger partial charge in [-0.15, -0.1) is 11.3 Å².